The quantitative estimate of drug-likeness (QED) is 0.898. The SMILES string of the molecule is CCc1ccc(C2CNCCN2C(=O)CCC(C)C)cc1.Cl. The Labute approximate surface area is 140 Å². The van der Waals surface area contributed by atoms with Gasteiger partial charge >= 0.3 is 0 Å². The van der Waals surface area contributed by atoms with Crippen molar-refractivity contribution in [1.82, 2.24) is 10.2 Å². The van der Waals surface area contributed by atoms with E-state index in [0.717, 1.165) is 32.5 Å². The first-order valence-electron chi connectivity index (χ1n) is 8.20. The van der Waals surface area contributed by atoms with Crippen molar-refractivity contribution < 1.29 is 4.79 Å². The van der Waals surface area contributed by atoms with Crippen LogP contribution in [-0.2, 0) is 11.2 Å². The van der Waals surface area contributed by atoms with E-state index < -0.39 is 0 Å². The van der Waals surface area contributed by atoms with Crippen molar-refractivity contribution in [3.8, 4) is 0 Å². The van der Waals surface area contributed by atoms with Crippen LogP contribution in [0.5, 0.6) is 0 Å². The fourth-order valence-corrected chi connectivity index (χ4v) is 2.83. The van der Waals surface area contributed by atoms with Crippen LogP contribution in [-0.4, -0.2) is 30.4 Å². The lowest BCUT2D eigenvalue weighted by Gasteiger charge is -2.37. The molecular weight excluding hydrogens is 296 g/mol. The molecule has 0 spiro atoms. The molecule has 0 aromatic heterocycles. The monoisotopic (exact) mass is 324 g/mol. The van der Waals surface area contributed by atoms with Gasteiger partial charge in [0, 0.05) is 26.1 Å². The van der Waals surface area contributed by atoms with Gasteiger partial charge in [-0.3, -0.25) is 4.79 Å². The summed E-state index contributed by atoms with van der Waals surface area (Å²) in [6.45, 7) is 9.09. The van der Waals surface area contributed by atoms with Gasteiger partial charge in [-0.2, -0.15) is 0 Å². The Hall–Kier alpha value is -1.06. The third kappa shape index (κ3) is 4.99. The van der Waals surface area contributed by atoms with Crippen molar-refractivity contribution in [1.29, 1.82) is 0 Å². The zero-order chi connectivity index (χ0) is 15.2. The summed E-state index contributed by atoms with van der Waals surface area (Å²) in [6, 6.07) is 8.91. The van der Waals surface area contributed by atoms with Crippen LogP contribution in [0.2, 0.25) is 0 Å². The van der Waals surface area contributed by atoms with Gasteiger partial charge in [0.1, 0.15) is 0 Å². The van der Waals surface area contributed by atoms with E-state index >= 15 is 0 Å². The van der Waals surface area contributed by atoms with Crippen molar-refractivity contribution in [2.45, 2.75) is 46.1 Å². The molecule has 124 valence electrons. The van der Waals surface area contributed by atoms with Crippen LogP contribution in [0.1, 0.15) is 50.8 Å². The third-order valence-corrected chi connectivity index (χ3v) is 4.27. The van der Waals surface area contributed by atoms with E-state index in [0.29, 0.717) is 18.2 Å². The number of hydrogen-bond acceptors (Lipinski definition) is 2. The number of nitrogens with one attached hydrogen (secondary N) is 1. The lowest BCUT2D eigenvalue weighted by molar-refractivity contribution is -0.134. The van der Waals surface area contributed by atoms with E-state index in [1.165, 1.54) is 11.1 Å². The maximum absolute atomic E-state index is 12.5. The number of halogens is 1. The highest BCUT2D eigenvalue weighted by molar-refractivity contribution is 5.85. The van der Waals surface area contributed by atoms with Crippen molar-refractivity contribution in [2.24, 2.45) is 5.92 Å². The zero-order valence-electron chi connectivity index (χ0n) is 14.0. The molecule has 0 saturated carbocycles. The Morgan fingerprint density at radius 2 is 2.00 bits per heavy atom. The largest absolute Gasteiger partial charge is 0.333 e. The van der Waals surface area contributed by atoms with Crippen LogP contribution in [0.4, 0.5) is 0 Å². The van der Waals surface area contributed by atoms with Crippen LogP contribution in [0.3, 0.4) is 0 Å². The molecule has 1 atom stereocenters. The molecule has 2 rings (SSSR count). The number of nitrogens with zero attached hydrogens (tertiary/aromatic N) is 1. The summed E-state index contributed by atoms with van der Waals surface area (Å²) in [4.78, 5) is 14.6. The van der Waals surface area contributed by atoms with E-state index in [1.807, 2.05) is 0 Å². The maximum Gasteiger partial charge on any atom is 0.223 e. The smallest absolute Gasteiger partial charge is 0.223 e. The standard InChI is InChI=1S/C18H28N2O.ClH/c1-4-15-6-8-16(9-7-15)17-13-19-11-12-20(17)18(21)10-5-14(2)3;/h6-9,14,17,19H,4-5,10-13H2,1-3H3;1H. The van der Waals surface area contributed by atoms with Gasteiger partial charge in [-0.05, 0) is 29.9 Å². The average Bonchev–Trinajstić information content (AvgIpc) is 2.52. The molecule has 4 heteroatoms. The first-order chi connectivity index (χ1) is 10.1. The summed E-state index contributed by atoms with van der Waals surface area (Å²) in [5.41, 5.74) is 2.59. The Bertz CT molecular complexity index is 459. The Morgan fingerprint density at radius 1 is 1.32 bits per heavy atom. The topological polar surface area (TPSA) is 32.3 Å². The molecule has 3 nitrogen and oxygen atoms in total. The average molecular weight is 325 g/mol. The molecule has 0 radical (unpaired) electrons. The molecule has 1 heterocycles. The van der Waals surface area contributed by atoms with E-state index in [2.05, 4.69) is 55.3 Å². The van der Waals surface area contributed by atoms with Crippen molar-refractivity contribution in [2.75, 3.05) is 19.6 Å². The summed E-state index contributed by atoms with van der Waals surface area (Å²) >= 11 is 0. The lowest BCUT2D eigenvalue weighted by Crippen LogP contribution is -2.48. The second-order valence-corrected chi connectivity index (χ2v) is 6.33. The maximum atomic E-state index is 12.5. The second kappa shape index (κ2) is 9.16. The molecule has 1 aliphatic heterocycles. The van der Waals surface area contributed by atoms with E-state index in [1.54, 1.807) is 0 Å². The van der Waals surface area contributed by atoms with Crippen molar-refractivity contribution >= 4 is 18.3 Å². The fourth-order valence-electron chi connectivity index (χ4n) is 2.83. The molecule has 1 fully saturated rings. The Balaban J connectivity index is 0.00000242. The zero-order valence-corrected chi connectivity index (χ0v) is 14.8. The predicted molar refractivity (Wildman–Crippen MR) is 94.5 cm³/mol. The van der Waals surface area contributed by atoms with E-state index in [9.17, 15) is 4.79 Å². The van der Waals surface area contributed by atoms with Crippen LogP contribution in [0.15, 0.2) is 24.3 Å². The summed E-state index contributed by atoms with van der Waals surface area (Å²) in [5, 5.41) is 3.42. The molecule has 1 aromatic carbocycles. The van der Waals surface area contributed by atoms with Crippen LogP contribution >= 0.6 is 12.4 Å². The minimum atomic E-state index is 0. The first-order valence-corrected chi connectivity index (χ1v) is 8.20. The highest BCUT2D eigenvalue weighted by Gasteiger charge is 2.27. The minimum absolute atomic E-state index is 0. The van der Waals surface area contributed by atoms with Crippen LogP contribution in [0, 0.1) is 5.92 Å². The van der Waals surface area contributed by atoms with Gasteiger partial charge in [0.25, 0.3) is 0 Å². The normalized spacial score (nSPS) is 18.2. The first kappa shape index (κ1) is 19.0. The molecule has 1 aromatic rings. The van der Waals surface area contributed by atoms with E-state index in [4.69, 9.17) is 0 Å². The summed E-state index contributed by atoms with van der Waals surface area (Å²) in [7, 11) is 0. The number of rotatable bonds is 5. The van der Waals surface area contributed by atoms with Gasteiger partial charge in [0.05, 0.1) is 6.04 Å². The molecule has 1 amide bonds. The van der Waals surface area contributed by atoms with Gasteiger partial charge < -0.3 is 10.2 Å². The molecule has 1 aliphatic rings. The Kier molecular flexibility index (Phi) is 7.91. The van der Waals surface area contributed by atoms with Gasteiger partial charge in [-0.1, -0.05) is 45.0 Å². The number of carbonyl (C=O) groups is 1. The lowest BCUT2D eigenvalue weighted by atomic mass is 9.99. The number of amides is 1. The number of aryl methyl sites for hydroxylation is 1. The summed E-state index contributed by atoms with van der Waals surface area (Å²) in [6.07, 6.45) is 2.70. The van der Waals surface area contributed by atoms with Crippen LogP contribution in [0.25, 0.3) is 0 Å². The number of hydrogen-bond donors (Lipinski definition) is 1. The molecule has 22 heavy (non-hydrogen) atoms. The molecule has 0 aliphatic carbocycles. The van der Waals surface area contributed by atoms with Gasteiger partial charge in [-0.25, -0.2) is 0 Å². The molecule has 1 N–H and O–H groups in total. The number of benzene rings is 1. The van der Waals surface area contributed by atoms with Crippen LogP contribution < -0.4 is 5.32 Å². The van der Waals surface area contributed by atoms with Gasteiger partial charge in [0.2, 0.25) is 5.91 Å². The highest BCUT2D eigenvalue weighted by atomic mass is 35.5. The highest BCUT2D eigenvalue weighted by Crippen LogP contribution is 2.24. The second-order valence-electron chi connectivity index (χ2n) is 6.33. The molecule has 1 unspecified atom stereocenters. The Morgan fingerprint density at radius 3 is 2.59 bits per heavy atom. The van der Waals surface area contributed by atoms with Crippen molar-refractivity contribution in [3.05, 3.63) is 35.4 Å². The minimum Gasteiger partial charge on any atom is -0.333 e. The van der Waals surface area contributed by atoms with Crippen molar-refractivity contribution in [3.63, 3.8) is 0 Å². The molecular formula is C18H29ClN2O. The summed E-state index contributed by atoms with van der Waals surface area (Å²) < 4.78 is 0. The molecule has 1 saturated heterocycles. The fraction of sp³-hybridized carbons (Fsp3) is 0.611. The summed E-state index contributed by atoms with van der Waals surface area (Å²) in [5.74, 6) is 0.883. The number of piperazine rings is 1. The molecule has 0 bridgehead atoms. The van der Waals surface area contributed by atoms with Gasteiger partial charge in [-0.15, -0.1) is 12.4 Å². The van der Waals surface area contributed by atoms with E-state index in [-0.39, 0.29) is 18.4 Å². The predicted octanol–water partition coefficient (Wildman–Crippen LogP) is 3.58. The number of carbonyl (C=O) groups excluding carboxylic acids is 1. The van der Waals surface area contributed by atoms with Gasteiger partial charge in [0.15, 0.2) is 0 Å². The third-order valence-electron chi connectivity index (χ3n) is 4.27.